The second kappa shape index (κ2) is 10.3. The Labute approximate surface area is 159 Å². The maximum atomic E-state index is 12.9. The maximum absolute atomic E-state index is 12.9. The van der Waals surface area contributed by atoms with Gasteiger partial charge in [-0.2, -0.15) is 0 Å². The minimum atomic E-state index is -1.01. The van der Waals surface area contributed by atoms with E-state index in [1.54, 1.807) is 41.3 Å². The van der Waals surface area contributed by atoms with Crippen LogP contribution in [0, 0.1) is 0 Å². The molecule has 0 radical (unpaired) electrons. The minimum absolute atomic E-state index is 0.0591. The number of para-hydroxylation sites is 1. The summed E-state index contributed by atoms with van der Waals surface area (Å²) in [5.74, 6) is -0.842. The molecule has 1 amide bonds. The molecule has 0 aliphatic rings. The molecule has 0 aliphatic heterocycles. The first-order valence-corrected chi connectivity index (χ1v) is 9.10. The zero-order valence-electron chi connectivity index (χ0n) is 15.7. The Morgan fingerprint density at radius 2 is 1.67 bits per heavy atom. The number of nitrogens with one attached hydrogen (secondary N) is 1. The van der Waals surface area contributed by atoms with Crippen LogP contribution in [0.4, 0.5) is 5.69 Å². The van der Waals surface area contributed by atoms with Gasteiger partial charge in [0, 0.05) is 30.9 Å². The zero-order valence-corrected chi connectivity index (χ0v) is 15.7. The second-order valence-corrected chi connectivity index (χ2v) is 5.90. The number of esters is 1. The van der Waals surface area contributed by atoms with Crippen molar-refractivity contribution in [2.45, 2.75) is 20.0 Å². The van der Waals surface area contributed by atoms with Crippen molar-refractivity contribution in [1.82, 2.24) is 4.90 Å². The molecule has 0 fully saturated rings. The Hall–Kier alpha value is -2.86. The molecule has 0 unspecified atom stereocenters. The molecule has 2 aromatic rings. The van der Waals surface area contributed by atoms with Crippen molar-refractivity contribution >= 4 is 17.6 Å². The van der Waals surface area contributed by atoms with Gasteiger partial charge >= 0.3 is 5.97 Å². The second-order valence-electron chi connectivity index (χ2n) is 5.90. The number of hydrogen-bond donors (Lipinski definition) is 2. The average Bonchev–Trinajstić information content (AvgIpc) is 2.72. The Bertz CT molecular complexity index is 745. The van der Waals surface area contributed by atoms with E-state index < -0.39 is 12.1 Å². The van der Waals surface area contributed by atoms with Crippen molar-refractivity contribution in [3.8, 4) is 0 Å². The third kappa shape index (κ3) is 5.31. The van der Waals surface area contributed by atoms with E-state index in [9.17, 15) is 9.59 Å². The first-order valence-electron chi connectivity index (χ1n) is 9.10. The monoisotopic (exact) mass is 370 g/mol. The number of benzene rings is 2. The van der Waals surface area contributed by atoms with E-state index in [0.717, 1.165) is 0 Å². The molecule has 0 saturated carbocycles. The van der Waals surface area contributed by atoms with Gasteiger partial charge in [-0.3, -0.25) is 4.79 Å². The van der Waals surface area contributed by atoms with Gasteiger partial charge in [0.25, 0.3) is 5.91 Å². The summed E-state index contributed by atoms with van der Waals surface area (Å²) in [5.41, 5.74) is 1.50. The van der Waals surface area contributed by atoms with Crippen LogP contribution in [0.5, 0.6) is 0 Å². The predicted octanol–water partition coefficient (Wildman–Crippen LogP) is 2.86. The molecule has 144 valence electrons. The molecule has 2 aromatic carbocycles. The lowest BCUT2D eigenvalue weighted by atomic mass is 10.1. The lowest BCUT2D eigenvalue weighted by Crippen LogP contribution is -2.36. The van der Waals surface area contributed by atoms with E-state index >= 15 is 0 Å². The fraction of sp³-hybridized carbons (Fsp3) is 0.333. The summed E-state index contributed by atoms with van der Waals surface area (Å²) in [5, 5.41) is 12.0. The molecule has 0 spiro atoms. The van der Waals surface area contributed by atoms with E-state index in [-0.39, 0.29) is 12.5 Å². The van der Waals surface area contributed by atoms with Gasteiger partial charge in [-0.15, -0.1) is 0 Å². The van der Waals surface area contributed by atoms with Crippen molar-refractivity contribution < 1.29 is 19.4 Å². The highest BCUT2D eigenvalue weighted by molar-refractivity contribution is 5.97. The molecule has 0 bridgehead atoms. The van der Waals surface area contributed by atoms with Crippen LogP contribution in [-0.2, 0) is 9.53 Å². The van der Waals surface area contributed by atoms with E-state index in [4.69, 9.17) is 9.84 Å². The summed E-state index contributed by atoms with van der Waals surface area (Å²) in [7, 11) is 0. The molecule has 2 rings (SSSR count). The Kier molecular flexibility index (Phi) is 7.82. The number of ether oxygens (including phenoxy) is 1. The molecule has 27 heavy (non-hydrogen) atoms. The molecule has 2 N–H and O–H groups in total. The van der Waals surface area contributed by atoms with Gasteiger partial charge in [0.05, 0.1) is 12.2 Å². The number of aliphatic hydroxyl groups is 1. The summed E-state index contributed by atoms with van der Waals surface area (Å²) < 4.78 is 5.66. The number of carbonyl (C=O) groups is 2. The molecule has 1 atom stereocenters. The van der Waals surface area contributed by atoms with Crippen molar-refractivity contribution in [3.05, 3.63) is 65.7 Å². The summed E-state index contributed by atoms with van der Waals surface area (Å²) in [4.78, 5) is 27.4. The van der Waals surface area contributed by atoms with Crippen molar-refractivity contribution in [1.29, 1.82) is 0 Å². The van der Waals surface area contributed by atoms with E-state index in [1.807, 2.05) is 32.0 Å². The number of hydrogen-bond acceptors (Lipinski definition) is 5. The van der Waals surface area contributed by atoms with Crippen LogP contribution in [0.15, 0.2) is 54.6 Å². The summed E-state index contributed by atoms with van der Waals surface area (Å²) in [6, 6.07) is 15.9. The van der Waals surface area contributed by atoms with Gasteiger partial charge in [-0.05, 0) is 26.0 Å². The van der Waals surface area contributed by atoms with E-state index in [0.29, 0.717) is 36.4 Å². The fourth-order valence-electron chi connectivity index (χ4n) is 2.77. The van der Waals surface area contributed by atoms with Crippen LogP contribution in [0.3, 0.4) is 0 Å². The molecule has 6 heteroatoms. The lowest BCUT2D eigenvalue weighted by molar-refractivity contribution is -0.140. The van der Waals surface area contributed by atoms with E-state index in [2.05, 4.69) is 5.32 Å². The number of carbonyl (C=O) groups excluding carboxylic acids is 2. The molecule has 6 nitrogen and oxygen atoms in total. The number of aliphatic hydroxyl groups excluding tert-OH is 1. The average molecular weight is 370 g/mol. The van der Waals surface area contributed by atoms with Crippen LogP contribution >= 0.6 is 0 Å². The van der Waals surface area contributed by atoms with Crippen LogP contribution in [-0.4, -0.2) is 48.1 Å². The van der Waals surface area contributed by atoms with E-state index in [1.165, 1.54) is 0 Å². The zero-order chi connectivity index (χ0) is 19.6. The van der Waals surface area contributed by atoms with Crippen molar-refractivity contribution in [2.24, 2.45) is 0 Å². The number of nitrogens with zero attached hydrogens (tertiary/aromatic N) is 1. The summed E-state index contributed by atoms with van der Waals surface area (Å²) in [6.07, 6.45) is -1.01. The van der Waals surface area contributed by atoms with Gasteiger partial charge in [-0.25, -0.2) is 4.79 Å². The summed E-state index contributed by atoms with van der Waals surface area (Å²) >= 11 is 0. The van der Waals surface area contributed by atoms with Crippen molar-refractivity contribution in [3.63, 3.8) is 0 Å². The Balaban J connectivity index is 2.30. The van der Waals surface area contributed by atoms with Crippen LogP contribution < -0.4 is 5.32 Å². The highest BCUT2D eigenvalue weighted by Gasteiger charge is 2.29. The smallest absolute Gasteiger partial charge is 0.341 e. The maximum Gasteiger partial charge on any atom is 0.341 e. The quantitative estimate of drug-likeness (QED) is 0.664. The highest BCUT2D eigenvalue weighted by Crippen LogP contribution is 2.24. The Morgan fingerprint density at radius 1 is 1.04 bits per heavy atom. The highest BCUT2D eigenvalue weighted by atomic mass is 16.5. The van der Waals surface area contributed by atoms with Crippen LogP contribution in [0.25, 0.3) is 0 Å². The first kappa shape index (κ1) is 20.5. The summed E-state index contributed by atoms with van der Waals surface area (Å²) in [6.45, 7) is 5.09. The molecule has 0 heterocycles. The molecule has 0 aliphatic carbocycles. The molecular formula is C21H26N2O4. The number of amides is 1. The third-order valence-corrected chi connectivity index (χ3v) is 4.20. The van der Waals surface area contributed by atoms with Gasteiger partial charge in [0.2, 0.25) is 6.10 Å². The topological polar surface area (TPSA) is 78.9 Å². The number of likely N-dealkylation sites (N-methyl/N-ethyl adjacent to an activating group) is 1. The van der Waals surface area contributed by atoms with Gasteiger partial charge in [0.15, 0.2) is 0 Å². The normalized spacial score (nSPS) is 11.5. The lowest BCUT2D eigenvalue weighted by Gasteiger charge is -2.25. The standard InChI is InChI=1S/C21H26N2O4/c1-3-23(4-2)20(25)19(16-10-6-5-7-11-16)27-21(26)17-12-8-9-13-18(17)22-14-15-24/h5-13,19,22,24H,3-4,14-15H2,1-2H3/t19-/m0/s1. The first-order chi connectivity index (χ1) is 13.1. The molecule has 0 saturated heterocycles. The van der Waals surface area contributed by atoms with Gasteiger partial charge in [-0.1, -0.05) is 42.5 Å². The fourth-order valence-corrected chi connectivity index (χ4v) is 2.77. The molecular weight excluding hydrogens is 344 g/mol. The minimum Gasteiger partial charge on any atom is -0.444 e. The van der Waals surface area contributed by atoms with Crippen LogP contribution in [0.2, 0.25) is 0 Å². The number of anilines is 1. The number of rotatable bonds is 9. The van der Waals surface area contributed by atoms with Gasteiger partial charge < -0.3 is 20.1 Å². The Morgan fingerprint density at radius 3 is 2.30 bits per heavy atom. The van der Waals surface area contributed by atoms with Crippen LogP contribution in [0.1, 0.15) is 35.9 Å². The SMILES string of the molecule is CCN(CC)C(=O)[C@@H](OC(=O)c1ccccc1NCCO)c1ccccc1. The predicted molar refractivity (Wildman–Crippen MR) is 105 cm³/mol. The third-order valence-electron chi connectivity index (χ3n) is 4.20. The van der Waals surface area contributed by atoms with Crippen molar-refractivity contribution in [2.75, 3.05) is 31.6 Å². The largest absolute Gasteiger partial charge is 0.444 e. The molecule has 0 aromatic heterocycles. The van der Waals surface area contributed by atoms with Gasteiger partial charge in [0.1, 0.15) is 0 Å².